The topological polar surface area (TPSA) is 136 Å². The van der Waals surface area contributed by atoms with Crippen molar-refractivity contribution in [2.45, 2.75) is 36.5 Å². The lowest BCUT2D eigenvalue weighted by molar-refractivity contribution is -0.152. The van der Waals surface area contributed by atoms with Crippen LogP contribution in [0.15, 0.2) is 29.2 Å². The SMILES string of the molecule is CCOC(=O)[C@@H](CCCCN)[C@@H]1C(=O)N(CC(=O)O)c2ccccc2SC1N. The number of thioether (sulfide) groups is 1. The van der Waals surface area contributed by atoms with Crippen molar-refractivity contribution in [1.29, 1.82) is 0 Å². The van der Waals surface area contributed by atoms with Crippen molar-refractivity contribution < 1.29 is 24.2 Å². The molecular weight excluding hydrogens is 382 g/mol. The predicted octanol–water partition coefficient (Wildman–Crippen LogP) is 1.42. The number of anilines is 1. The van der Waals surface area contributed by atoms with Crippen molar-refractivity contribution in [1.82, 2.24) is 0 Å². The second-order valence-electron chi connectivity index (χ2n) is 6.54. The lowest BCUT2D eigenvalue weighted by Gasteiger charge is -2.30. The summed E-state index contributed by atoms with van der Waals surface area (Å²) >= 11 is 1.27. The second kappa shape index (κ2) is 10.4. The van der Waals surface area contributed by atoms with E-state index in [0.29, 0.717) is 36.4 Å². The lowest BCUT2D eigenvalue weighted by Crippen LogP contribution is -2.48. The summed E-state index contributed by atoms with van der Waals surface area (Å²) in [5, 5.41) is 8.61. The fourth-order valence-electron chi connectivity index (χ4n) is 3.34. The van der Waals surface area contributed by atoms with Crippen LogP contribution in [0.1, 0.15) is 26.2 Å². The van der Waals surface area contributed by atoms with E-state index < -0.39 is 41.6 Å². The quantitative estimate of drug-likeness (QED) is 0.411. The summed E-state index contributed by atoms with van der Waals surface area (Å²) in [4.78, 5) is 39.3. The van der Waals surface area contributed by atoms with E-state index >= 15 is 0 Å². The average Bonchev–Trinajstić information content (AvgIpc) is 2.74. The number of nitrogens with zero attached hydrogens (tertiary/aromatic N) is 1. The molecule has 0 saturated carbocycles. The molecule has 2 rings (SSSR count). The van der Waals surface area contributed by atoms with Crippen LogP contribution in [0.4, 0.5) is 5.69 Å². The molecule has 1 aliphatic heterocycles. The molecule has 9 heteroatoms. The number of nitrogens with two attached hydrogens (primary N) is 2. The van der Waals surface area contributed by atoms with Gasteiger partial charge in [-0.3, -0.25) is 19.3 Å². The van der Waals surface area contributed by atoms with E-state index in [9.17, 15) is 19.5 Å². The molecule has 0 aromatic heterocycles. The molecule has 154 valence electrons. The smallest absolute Gasteiger partial charge is 0.323 e. The maximum atomic E-state index is 13.4. The van der Waals surface area contributed by atoms with Gasteiger partial charge in [-0.05, 0) is 38.4 Å². The van der Waals surface area contributed by atoms with Gasteiger partial charge >= 0.3 is 11.9 Å². The predicted molar refractivity (Wildman–Crippen MR) is 107 cm³/mol. The highest BCUT2D eigenvalue weighted by Gasteiger charge is 2.44. The van der Waals surface area contributed by atoms with Gasteiger partial charge in [0.25, 0.3) is 0 Å². The van der Waals surface area contributed by atoms with Crippen molar-refractivity contribution in [2.75, 3.05) is 24.6 Å². The largest absolute Gasteiger partial charge is 0.480 e. The Morgan fingerprint density at radius 2 is 2.04 bits per heavy atom. The molecule has 1 aromatic rings. The van der Waals surface area contributed by atoms with Gasteiger partial charge in [0, 0.05) is 4.90 Å². The fourth-order valence-corrected chi connectivity index (χ4v) is 4.54. The Kier molecular flexibility index (Phi) is 8.28. The van der Waals surface area contributed by atoms with E-state index in [0.717, 1.165) is 0 Å². The molecule has 3 atom stereocenters. The molecule has 0 spiro atoms. The van der Waals surface area contributed by atoms with Gasteiger partial charge in [-0.2, -0.15) is 0 Å². The van der Waals surface area contributed by atoms with Crippen LogP contribution in [0.25, 0.3) is 0 Å². The maximum absolute atomic E-state index is 13.4. The Morgan fingerprint density at radius 1 is 1.32 bits per heavy atom. The highest BCUT2D eigenvalue weighted by Crippen LogP contribution is 2.41. The van der Waals surface area contributed by atoms with Crippen molar-refractivity contribution in [3.8, 4) is 0 Å². The van der Waals surface area contributed by atoms with Crippen molar-refractivity contribution >= 4 is 35.3 Å². The van der Waals surface area contributed by atoms with Crippen LogP contribution in [-0.2, 0) is 19.1 Å². The summed E-state index contributed by atoms with van der Waals surface area (Å²) < 4.78 is 5.20. The van der Waals surface area contributed by atoms with Crippen molar-refractivity contribution in [3.63, 3.8) is 0 Å². The van der Waals surface area contributed by atoms with Crippen LogP contribution >= 0.6 is 11.8 Å². The molecule has 0 fully saturated rings. The minimum absolute atomic E-state index is 0.189. The molecule has 1 unspecified atom stereocenters. The molecular formula is C19H27N3O5S. The first-order valence-electron chi connectivity index (χ1n) is 9.31. The summed E-state index contributed by atoms with van der Waals surface area (Å²) in [6.45, 7) is 1.86. The number of hydrogen-bond acceptors (Lipinski definition) is 7. The zero-order chi connectivity index (χ0) is 20.7. The molecule has 1 amide bonds. The summed E-state index contributed by atoms with van der Waals surface area (Å²) in [5.74, 6) is -3.76. The number of ether oxygens (including phenoxy) is 1. The molecule has 0 bridgehead atoms. The molecule has 8 nitrogen and oxygen atoms in total. The molecule has 0 radical (unpaired) electrons. The lowest BCUT2D eigenvalue weighted by atomic mass is 9.86. The Balaban J connectivity index is 2.43. The number of amides is 1. The van der Waals surface area contributed by atoms with E-state index in [-0.39, 0.29) is 6.61 Å². The van der Waals surface area contributed by atoms with Gasteiger partial charge in [0.2, 0.25) is 5.91 Å². The number of benzene rings is 1. The Morgan fingerprint density at radius 3 is 2.68 bits per heavy atom. The molecule has 5 N–H and O–H groups in total. The number of para-hydroxylation sites is 1. The number of carbonyl (C=O) groups is 3. The van der Waals surface area contributed by atoms with Gasteiger partial charge < -0.3 is 21.3 Å². The van der Waals surface area contributed by atoms with Gasteiger partial charge in [0.15, 0.2) is 0 Å². The first-order chi connectivity index (χ1) is 13.4. The third-order valence-corrected chi connectivity index (χ3v) is 5.77. The number of hydrogen-bond donors (Lipinski definition) is 3. The average molecular weight is 410 g/mol. The van der Waals surface area contributed by atoms with E-state index in [1.807, 2.05) is 0 Å². The minimum atomic E-state index is -1.14. The molecule has 1 aliphatic rings. The highest BCUT2D eigenvalue weighted by atomic mass is 32.2. The number of carboxylic acid groups (broad SMARTS) is 1. The molecule has 1 heterocycles. The first-order valence-corrected chi connectivity index (χ1v) is 10.2. The third-order valence-electron chi connectivity index (χ3n) is 4.61. The van der Waals surface area contributed by atoms with Gasteiger partial charge in [-0.25, -0.2) is 0 Å². The van der Waals surface area contributed by atoms with Crippen LogP contribution in [0.3, 0.4) is 0 Å². The molecule has 0 saturated heterocycles. The zero-order valence-electron chi connectivity index (χ0n) is 15.9. The Labute approximate surface area is 168 Å². The number of unbranched alkanes of at least 4 members (excludes halogenated alkanes) is 1. The number of rotatable bonds is 9. The molecule has 1 aromatic carbocycles. The van der Waals surface area contributed by atoms with E-state index in [1.54, 1.807) is 31.2 Å². The Hall–Kier alpha value is -2.10. The number of aliphatic carboxylic acids is 1. The Bertz CT molecular complexity index is 715. The van der Waals surface area contributed by atoms with E-state index in [4.69, 9.17) is 16.2 Å². The molecule has 28 heavy (non-hydrogen) atoms. The summed E-state index contributed by atoms with van der Waals surface area (Å²) in [5.41, 5.74) is 12.4. The first kappa shape index (κ1) is 22.2. The monoisotopic (exact) mass is 409 g/mol. The third kappa shape index (κ3) is 5.24. The molecule has 0 aliphatic carbocycles. The highest BCUT2D eigenvalue weighted by molar-refractivity contribution is 8.00. The standard InChI is InChI=1S/C19H27N3O5S/c1-2-27-19(26)12(7-5-6-10-20)16-17(21)28-14-9-4-3-8-13(14)22(18(16)25)11-15(23)24/h3-4,8-9,12,16-17H,2,5-7,10-11,20-21H2,1H3,(H,23,24)/t12-,16-,17?/m0/s1. The van der Waals surface area contributed by atoms with Crippen LogP contribution in [-0.4, -0.2) is 48.0 Å². The van der Waals surface area contributed by atoms with Crippen LogP contribution in [0.2, 0.25) is 0 Å². The van der Waals surface area contributed by atoms with Gasteiger partial charge in [0.05, 0.1) is 29.5 Å². The van der Waals surface area contributed by atoms with Crippen molar-refractivity contribution in [2.24, 2.45) is 23.3 Å². The summed E-state index contributed by atoms with van der Waals surface area (Å²) in [7, 11) is 0. The maximum Gasteiger partial charge on any atom is 0.323 e. The zero-order valence-corrected chi connectivity index (χ0v) is 16.7. The van der Waals surface area contributed by atoms with Gasteiger partial charge in [-0.15, -0.1) is 11.8 Å². The van der Waals surface area contributed by atoms with Crippen molar-refractivity contribution in [3.05, 3.63) is 24.3 Å². The summed E-state index contributed by atoms with van der Waals surface area (Å²) in [6.07, 6.45) is 1.75. The fraction of sp³-hybridized carbons (Fsp3) is 0.526. The number of carbonyl (C=O) groups excluding carboxylic acids is 2. The van der Waals surface area contributed by atoms with Crippen LogP contribution in [0.5, 0.6) is 0 Å². The van der Waals surface area contributed by atoms with Gasteiger partial charge in [0.1, 0.15) is 6.54 Å². The number of fused-ring (bicyclic) bond motifs is 1. The van der Waals surface area contributed by atoms with Crippen LogP contribution in [0, 0.1) is 11.8 Å². The normalized spacial score (nSPS) is 20.2. The van der Waals surface area contributed by atoms with Crippen LogP contribution < -0.4 is 16.4 Å². The summed E-state index contributed by atoms with van der Waals surface area (Å²) in [6, 6.07) is 7.01. The van der Waals surface area contributed by atoms with Gasteiger partial charge in [-0.1, -0.05) is 18.6 Å². The van der Waals surface area contributed by atoms with E-state index in [1.165, 1.54) is 16.7 Å². The number of esters is 1. The second-order valence-corrected chi connectivity index (χ2v) is 7.76. The minimum Gasteiger partial charge on any atom is -0.480 e. The number of carboxylic acids is 1. The van der Waals surface area contributed by atoms with E-state index in [2.05, 4.69) is 0 Å².